The Hall–Kier alpha value is -2.35. The monoisotopic (exact) mass is 391 g/mol. The number of carbonyl (C=O) groups excluding carboxylic acids is 1. The highest BCUT2D eigenvalue weighted by atomic mass is 28.4. The molecule has 1 aliphatic heterocycles. The molecule has 3 nitrogen and oxygen atoms in total. The summed E-state index contributed by atoms with van der Waals surface area (Å²) in [6.45, 7) is 6.75. The maximum atomic E-state index is 12.3. The number of rotatable bonds is 5. The van der Waals surface area contributed by atoms with Crippen LogP contribution in [0, 0.1) is 12.3 Å². The predicted molar refractivity (Wildman–Crippen MR) is 117 cm³/mol. The van der Waals surface area contributed by atoms with Gasteiger partial charge in [0, 0.05) is 12.5 Å². The first-order chi connectivity index (χ1) is 13.4. The molecule has 1 fully saturated rings. The average molecular weight is 392 g/mol. The maximum absolute atomic E-state index is 12.3. The molecule has 0 aliphatic carbocycles. The Morgan fingerprint density at radius 2 is 1.61 bits per heavy atom. The Bertz CT molecular complexity index is 797. The van der Waals surface area contributed by atoms with Crippen molar-refractivity contribution in [1.82, 2.24) is 5.32 Å². The lowest BCUT2D eigenvalue weighted by molar-refractivity contribution is -0.126. The van der Waals surface area contributed by atoms with E-state index in [1.54, 1.807) is 0 Å². The highest BCUT2D eigenvalue weighted by Gasteiger charge is 2.52. The van der Waals surface area contributed by atoms with E-state index in [0.717, 1.165) is 6.42 Å². The van der Waals surface area contributed by atoms with Gasteiger partial charge in [-0.05, 0) is 21.8 Å². The van der Waals surface area contributed by atoms with Gasteiger partial charge in [0.1, 0.15) is 0 Å². The summed E-state index contributed by atoms with van der Waals surface area (Å²) in [4.78, 5) is 12.3. The van der Waals surface area contributed by atoms with Crippen LogP contribution in [0.3, 0.4) is 0 Å². The fraction of sp³-hybridized carbons (Fsp3) is 0.375. The van der Waals surface area contributed by atoms with Gasteiger partial charge in [0.15, 0.2) is 0 Å². The number of hydrogen-bond acceptors (Lipinski definition) is 2. The molecule has 4 heteroatoms. The van der Waals surface area contributed by atoms with Crippen molar-refractivity contribution in [2.45, 2.75) is 57.2 Å². The Morgan fingerprint density at radius 1 is 1.07 bits per heavy atom. The number of carbonyl (C=O) groups is 1. The lowest BCUT2D eigenvalue weighted by Gasteiger charge is -2.46. The Kier molecular flexibility index (Phi) is 6.07. The SMILES string of the molecule is C#CC[C@H]1C[C@H](O[Si](c2ccccc2)(c2ccccc2)C(C)(C)C)CC(=O)N1. The zero-order valence-electron chi connectivity index (χ0n) is 16.9. The molecule has 1 amide bonds. The van der Waals surface area contributed by atoms with E-state index in [0.29, 0.717) is 12.8 Å². The van der Waals surface area contributed by atoms with Crippen LogP contribution in [0.2, 0.25) is 5.04 Å². The lowest BCUT2D eigenvalue weighted by atomic mass is 9.99. The molecule has 1 aliphatic rings. The predicted octanol–water partition coefficient (Wildman–Crippen LogP) is 3.23. The van der Waals surface area contributed by atoms with Crippen LogP contribution >= 0.6 is 0 Å². The Morgan fingerprint density at radius 3 is 2.07 bits per heavy atom. The molecular weight excluding hydrogens is 362 g/mol. The average Bonchev–Trinajstić information content (AvgIpc) is 2.66. The summed E-state index contributed by atoms with van der Waals surface area (Å²) in [5.41, 5.74) is 0. The van der Waals surface area contributed by atoms with Crippen LogP contribution in [0.5, 0.6) is 0 Å². The number of hydrogen-bond donors (Lipinski definition) is 1. The first kappa shape index (κ1) is 20.4. The van der Waals surface area contributed by atoms with Crippen LogP contribution in [-0.4, -0.2) is 26.4 Å². The standard InChI is InChI=1S/C24H29NO2Si/c1-5-12-19-17-20(18-23(26)25-19)27-28(24(2,3)4,21-13-8-6-9-14-21)22-15-10-7-11-16-22/h1,6-11,13-16,19-20H,12,17-18H2,2-4H3,(H,25,26)/t19-,20-/m0/s1. The molecule has 0 aromatic heterocycles. The summed E-state index contributed by atoms with van der Waals surface area (Å²) in [6, 6.07) is 21.0. The number of amides is 1. The molecule has 1 heterocycles. The maximum Gasteiger partial charge on any atom is 0.261 e. The van der Waals surface area contributed by atoms with E-state index in [4.69, 9.17) is 10.8 Å². The normalized spacial score (nSPS) is 20.3. The van der Waals surface area contributed by atoms with E-state index in [1.165, 1.54) is 10.4 Å². The van der Waals surface area contributed by atoms with Gasteiger partial charge in [0.05, 0.1) is 12.5 Å². The highest BCUT2D eigenvalue weighted by molar-refractivity contribution is 6.99. The number of piperidine rings is 1. The van der Waals surface area contributed by atoms with Gasteiger partial charge in [-0.25, -0.2) is 0 Å². The third-order valence-corrected chi connectivity index (χ3v) is 10.5. The molecule has 0 bridgehead atoms. The summed E-state index contributed by atoms with van der Waals surface area (Å²) in [7, 11) is -2.65. The first-order valence-corrected chi connectivity index (χ1v) is 11.8. The molecule has 1 N–H and O–H groups in total. The van der Waals surface area contributed by atoms with Gasteiger partial charge in [0.2, 0.25) is 5.91 Å². The van der Waals surface area contributed by atoms with Crippen molar-refractivity contribution in [2.24, 2.45) is 0 Å². The molecule has 0 radical (unpaired) electrons. The fourth-order valence-electron chi connectivity index (χ4n) is 4.26. The van der Waals surface area contributed by atoms with Gasteiger partial charge in [-0.3, -0.25) is 4.79 Å². The minimum atomic E-state index is -2.65. The Labute approximate surface area is 169 Å². The smallest absolute Gasteiger partial charge is 0.261 e. The molecule has 2 aromatic carbocycles. The van der Waals surface area contributed by atoms with Crippen molar-refractivity contribution in [3.05, 3.63) is 60.7 Å². The van der Waals surface area contributed by atoms with Crippen molar-refractivity contribution in [3.63, 3.8) is 0 Å². The van der Waals surface area contributed by atoms with Gasteiger partial charge in [-0.2, -0.15) is 0 Å². The van der Waals surface area contributed by atoms with Crippen LogP contribution in [-0.2, 0) is 9.22 Å². The fourth-order valence-corrected chi connectivity index (χ4v) is 8.96. The zero-order chi connectivity index (χ0) is 20.2. The molecular formula is C24H29NO2Si. The molecule has 28 heavy (non-hydrogen) atoms. The second-order valence-electron chi connectivity index (χ2n) is 8.52. The molecule has 1 saturated heterocycles. The molecule has 0 unspecified atom stereocenters. The third kappa shape index (κ3) is 4.06. The highest BCUT2D eigenvalue weighted by Crippen LogP contribution is 2.38. The summed E-state index contributed by atoms with van der Waals surface area (Å²) < 4.78 is 7.07. The van der Waals surface area contributed by atoms with Crippen LogP contribution in [0.15, 0.2) is 60.7 Å². The van der Waals surface area contributed by atoms with Crippen LogP contribution in [0.4, 0.5) is 0 Å². The van der Waals surface area contributed by atoms with Crippen molar-refractivity contribution in [3.8, 4) is 12.3 Å². The van der Waals surface area contributed by atoms with Gasteiger partial charge in [-0.15, -0.1) is 12.3 Å². The third-order valence-electron chi connectivity index (χ3n) is 5.45. The minimum absolute atomic E-state index is 0.0190. The minimum Gasteiger partial charge on any atom is -0.404 e. The lowest BCUT2D eigenvalue weighted by Crippen LogP contribution is -2.68. The van der Waals surface area contributed by atoms with Crippen LogP contribution in [0.1, 0.15) is 40.0 Å². The Balaban J connectivity index is 2.09. The largest absolute Gasteiger partial charge is 0.404 e. The second kappa shape index (κ2) is 8.34. The summed E-state index contributed by atoms with van der Waals surface area (Å²) in [6.07, 6.45) is 7.02. The van der Waals surface area contributed by atoms with Crippen LogP contribution in [0.25, 0.3) is 0 Å². The van der Waals surface area contributed by atoms with Gasteiger partial charge in [0.25, 0.3) is 8.32 Å². The quantitative estimate of drug-likeness (QED) is 0.628. The van der Waals surface area contributed by atoms with Crippen molar-refractivity contribution in [2.75, 3.05) is 0 Å². The zero-order valence-corrected chi connectivity index (χ0v) is 17.9. The summed E-state index contributed by atoms with van der Waals surface area (Å²) in [5.74, 6) is 2.70. The molecule has 3 rings (SSSR count). The summed E-state index contributed by atoms with van der Waals surface area (Å²) in [5, 5.41) is 5.36. The van der Waals surface area contributed by atoms with E-state index in [9.17, 15) is 4.79 Å². The van der Waals surface area contributed by atoms with E-state index in [2.05, 4.69) is 80.5 Å². The number of benzene rings is 2. The van der Waals surface area contributed by atoms with E-state index in [1.807, 2.05) is 12.1 Å². The molecule has 2 atom stereocenters. The topological polar surface area (TPSA) is 38.3 Å². The van der Waals surface area contributed by atoms with Gasteiger partial charge in [-0.1, -0.05) is 81.4 Å². The number of nitrogens with one attached hydrogen (secondary N) is 1. The van der Waals surface area contributed by atoms with E-state index >= 15 is 0 Å². The molecule has 146 valence electrons. The first-order valence-electron chi connectivity index (χ1n) is 9.88. The van der Waals surface area contributed by atoms with Crippen molar-refractivity contribution < 1.29 is 9.22 Å². The summed E-state index contributed by atoms with van der Waals surface area (Å²) >= 11 is 0. The molecule has 0 saturated carbocycles. The van der Waals surface area contributed by atoms with E-state index < -0.39 is 8.32 Å². The molecule has 2 aromatic rings. The van der Waals surface area contributed by atoms with Crippen LogP contribution < -0.4 is 15.7 Å². The number of terminal acetylenes is 1. The van der Waals surface area contributed by atoms with E-state index in [-0.39, 0.29) is 23.1 Å². The molecule has 0 spiro atoms. The van der Waals surface area contributed by atoms with Gasteiger partial charge >= 0.3 is 0 Å². The van der Waals surface area contributed by atoms with Gasteiger partial charge < -0.3 is 9.74 Å². The van der Waals surface area contributed by atoms with Crippen molar-refractivity contribution >= 4 is 24.6 Å². The second-order valence-corrected chi connectivity index (χ2v) is 12.8. The van der Waals surface area contributed by atoms with Crippen molar-refractivity contribution in [1.29, 1.82) is 0 Å².